The lowest BCUT2D eigenvalue weighted by Crippen LogP contribution is -2.30. The van der Waals surface area contributed by atoms with Crippen LogP contribution in [0.4, 0.5) is 0 Å². The maximum Gasteiger partial charge on any atom is 0.306 e. The molecule has 0 aliphatic carbocycles. The van der Waals surface area contributed by atoms with Crippen molar-refractivity contribution in [3.63, 3.8) is 0 Å². The second-order valence-corrected chi connectivity index (χ2v) is 16.0. The summed E-state index contributed by atoms with van der Waals surface area (Å²) in [6.07, 6.45) is 48.8. The number of carbonyl (C=O) groups excluding carboxylic acids is 3. The predicted octanol–water partition coefficient (Wildman–Crippen LogP) is 15.2. The van der Waals surface area contributed by atoms with Crippen LogP contribution >= 0.6 is 0 Å². The fourth-order valence-corrected chi connectivity index (χ4v) is 6.85. The summed E-state index contributed by atoms with van der Waals surface area (Å²) in [5.41, 5.74) is 0. The second-order valence-electron chi connectivity index (χ2n) is 16.0. The summed E-state index contributed by atoms with van der Waals surface area (Å²) in [5.74, 6) is -0.889. The Morgan fingerprint density at radius 2 is 0.655 bits per heavy atom. The lowest BCUT2D eigenvalue weighted by molar-refractivity contribution is -0.167. The third-order valence-electron chi connectivity index (χ3n) is 10.4. The first-order valence-corrected chi connectivity index (χ1v) is 23.8. The number of unbranched alkanes of at least 4 members (excludes halogenated alkanes) is 28. The van der Waals surface area contributed by atoms with E-state index in [2.05, 4.69) is 45.1 Å². The van der Waals surface area contributed by atoms with Gasteiger partial charge in [0.15, 0.2) is 6.10 Å². The highest BCUT2D eigenvalue weighted by atomic mass is 16.6. The van der Waals surface area contributed by atoms with E-state index in [1.165, 1.54) is 135 Å². The van der Waals surface area contributed by atoms with E-state index in [9.17, 15) is 14.4 Å². The largest absolute Gasteiger partial charge is 0.462 e. The van der Waals surface area contributed by atoms with Crippen LogP contribution in [0, 0.1) is 0 Å². The van der Waals surface area contributed by atoms with Crippen LogP contribution in [0.25, 0.3) is 0 Å². The molecule has 0 radical (unpaired) electrons. The zero-order valence-corrected chi connectivity index (χ0v) is 36.7. The molecule has 0 N–H and O–H groups in total. The predicted molar refractivity (Wildman–Crippen MR) is 233 cm³/mol. The number of ether oxygens (including phenoxy) is 3. The van der Waals surface area contributed by atoms with Crippen molar-refractivity contribution in [2.24, 2.45) is 0 Å². The molecule has 0 rings (SSSR count). The molecule has 322 valence electrons. The van der Waals surface area contributed by atoms with Crippen LogP contribution in [0.3, 0.4) is 0 Å². The van der Waals surface area contributed by atoms with E-state index in [0.29, 0.717) is 19.3 Å². The fourth-order valence-electron chi connectivity index (χ4n) is 6.85. The summed E-state index contributed by atoms with van der Waals surface area (Å²) in [6, 6.07) is 0. The van der Waals surface area contributed by atoms with Gasteiger partial charge in [-0.1, -0.05) is 193 Å². The molecule has 0 spiro atoms. The monoisotopic (exact) mass is 775 g/mol. The molecule has 1 atom stereocenters. The summed E-state index contributed by atoms with van der Waals surface area (Å²) < 4.78 is 16.7. The minimum Gasteiger partial charge on any atom is -0.462 e. The Morgan fingerprint density at radius 1 is 0.364 bits per heavy atom. The zero-order valence-electron chi connectivity index (χ0n) is 36.7. The Kier molecular flexibility index (Phi) is 42.9. The van der Waals surface area contributed by atoms with Crippen molar-refractivity contribution in [1.82, 2.24) is 0 Å². The Balaban J connectivity index is 4.33. The van der Waals surface area contributed by atoms with Gasteiger partial charge in [-0.2, -0.15) is 0 Å². The normalized spacial score (nSPS) is 12.1. The minimum absolute atomic E-state index is 0.0743. The Bertz CT molecular complexity index is 896. The first-order valence-electron chi connectivity index (χ1n) is 23.8. The maximum atomic E-state index is 12.7. The smallest absolute Gasteiger partial charge is 0.306 e. The number of allylic oxidation sites excluding steroid dienone is 4. The van der Waals surface area contributed by atoms with Gasteiger partial charge in [-0.05, 0) is 64.2 Å². The first kappa shape index (κ1) is 52.9. The van der Waals surface area contributed by atoms with Gasteiger partial charge in [0.25, 0.3) is 0 Å². The molecular weight excluding hydrogens is 685 g/mol. The zero-order chi connectivity index (χ0) is 40.1. The van der Waals surface area contributed by atoms with Gasteiger partial charge >= 0.3 is 17.9 Å². The molecule has 6 heteroatoms. The van der Waals surface area contributed by atoms with Crippen LogP contribution in [0.15, 0.2) is 24.3 Å². The number of esters is 3. The van der Waals surface area contributed by atoms with Crippen LogP contribution in [0.2, 0.25) is 0 Å². The van der Waals surface area contributed by atoms with Crippen molar-refractivity contribution in [2.45, 2.75) is 258 Å². The van der Waals surface area contributed by atoms with E-state index < -0.39 is 6.10 Å². The van der Waals surface area contributed by atoms with E-state index in [-0.39, 0.29) is 31.1 Å². The lowest BCUT2D eigenvalue weighted by atomic mass is 10.0. The van der Waals surface area contributed by atoms with E-state index in [1.807, 2.05) is 0 Å². The van der Waals surface area contributed by atoms with Crippen molar-refractivity contribution >= 4 is 17.9 Å². The third-order valence-corrected chi connectivity index (χ3v) is 10.4. The van der Waals surface area contributed by atoms with Crippen LogP contribution in [-0.4, -0.2) is 37.2 Å². The lowest BCUT2D eigenvalue weighted by Gasteiger charge is -2.18. The molecule has 0 aromatic heterocycles. The van der Waals surface area contributed by atoms with E-state index in [0.717, 1.165) is 77.0 Å². The van der Waals surface area contributed by atoms with Gasteiger partial charge < -0.3 is 14.2 Å². The van der Waals surface area contributed by atoms with E-state index in [1.54, 1.807) is 0 Å². The van der Waals surface area contributed by atoms with Crippen LogP contribution in [-0.2, 0) is 28.6 Å². The Labute approximate surface area is 341 Å². The van der Waals surface area contributed by atoms with Crippen molar-refractivity contribution < 1.29 is 28.6 Å². The molecule has 0 saturated heterocycles. The molecule has 0 saturated carbocycles. The molecule has 0 heterocycles. The SMILES string of the molecule is CC/C=C\CCCCCCCC(=O)OCC(COC(=O)CCCCCCCCCCCCCCC)OC(=O)CCCCCCC/C=C\CCCCCCCC. The molecule has 0 fully saturated rings. The average Bonchev–Trinajstić information content (AvgIpc) is 3.18. The van der Waals surface area contributed by atoms with Gasteiger partial charge in [-0.25, -0.2) is 0 Å². The Hall–Kier alpha value is -2.11. The number of hydrogen-bond acceptors (Lipinski definition) is 6. The van der Waals surface area contributed by atoms with Gasteiger partial charge in [0.1, 0.15) is 13.2 Å². The van der Waals surface area contributed by atoms with Crippen molar-refractivity contribution in [3.05, 3.63) is 24.3 Å². The Morgan fingerprint density at radius 3 is 1.00 bits per heavy atom. The highest BCUT2D eigenvalue weighted by Crippen LogP contribution is 2.15. The van der Waals surface area contributed by atoms with Crippen molar-refractivity contribution in [1.29, 1.82) is 0 Å². The molecule has 0 aliphatic heterocycles. The average molecular weight is 775 g/mol. The fraction of sp³-hybridized carbons (Fsp3) is 0.857. The summed E-state index contributed by atoms with van der Waals surface area (Å²) >= 11 is 0. The minimum atomic E-state index is -0.772. The molecule has 0 aromatic carbocycles. The highest BCUT2D eigenvalue weighted by molar-refractivity contribution is 5.71. The molecule has 1 unspecified atom stereocenters. The summed E-state index contributed by atoms with van der Waals surface area (Å²) in [5, 5.41) is 0. The van der Waals surface area contributed by atoms with Gasteiger partial charge in [0.2, 0.25) is 0 Å². The summed E-state index contributed by atoms with van der Waals surface area (Å²) in [6.45, 7) is 6.52. The molecule has 0 aliphatic rings. The van der Waals surface area contributed by atoms with Crippen LogP contribution in [0.5, 0.6) is 0 Å². The second kappa shape index (κ2) is 44.6. The van der Waals surface area contributed by atoms with Gasteiger partial charge in [-0.3, -0.25) is 14.4 Å². The molecule has 55 heavy (non-hydrogen) atoms. The number of rotatable bonds is 43. The summed E-state index contributed by atoms with van der Waals surface area (Å²) in [4.78, 5) is 37.7. The van der Waals surface area contributed by atoms with Crippen molar-refractivity contribution in [3.8, 4) is 0 Å². The topological polar surface area (TPSA) is 78.9 Å². The van der Waals surface area contributed by atoms with E-state index >= 15 is 0 Å². The molecule has 6 nitrogen and oxygen atoms in total. The quantitative estimate of drug-likeness (QED) is 0.0266. The maximum absolute atomic E-state index is 12.7. The van der Waals surface area contributed by atoms with Crippen LogP contribution < -0.4 is 0 Å². The van der Waals surface area contributed by atoms with Gasteiger partial charge in [0, 0.05) is 19.3 Å². The highest BCUT2D eigenvalue weighted by Gasteiger charge is 2.19. The molecule has 0 amide bonds. The number of carbonyl (C=O) groups is 3. The van der Waals surface area contributed by atoms with Crippen LogP contribution in [0.1, 0.15) is 252 Å². The van der Waals surface area contributed by atoms with Crippen molar-refractivity contribution in [2.75, 3.05) is 13.2 Å². The molecule has 0 aromatic rings. The first-order chi connectivity index (χ1) is 27.0. The van der Waals surface area contributed by atoms with Gasteiger partial charge in [0.05, 0.1) is 0 Å². The van der Waals surface area contributed by atoms with E-state index in [4.69, 9.17) is 14.2 Å². The molecule has 0 bridgehead atoms. The third kappa shape index (κ3) is 42.9. The standard InChI is InChI=1S/C49H90O6/c1-4-7-10-13-16-19-21-23-24-26-28-31-34-37-40-43-49(52)55-46(44-53-47(50)41-38-35-32-29-18-15-12-9-6-3)45-54-48(51)42-39-36-33-30-27-25-22-20-17-14-11-8-5-2/h9,12,23-24,46H,4-8,10-11,13-22,25-45H2,1-3H3/b12-9-,24-23-. The van der Waals surface area contributed by atoms with Gasteiger partial charge in [-0.15, -0.1) is 0 Å². The summed E-state index contributed by atoms with van der Waals surface area (Å²) in [7, 11) is 0. The number of hydrogen-bond donors (Lipinski definition) is 0. The molecular formula is C49H90O6.